The molecule has 4 atom stereocenters. The Balaban J connectivity index is 1.29. The highest BCUT2D eigenvalue weighted by Gasteiger charge is 2.48. The number of carbonyl (C=O) groups is 1. The molecular weight excluding hydrogens is 356 g/mol. The quantitative estimate of drug-likeness (QED) is 0.716. The molecule has 2 bridgehead atoms. The van der Waals surface area contributed by atoms with Gasteiger partial charge in [0.15, 0.2) is 0 Å². The van der Waals surface area contributed by atoms with E-state index in [-0.39, 0.29) is 23.3 Å². The first-order valence-electron chi connectivity index (χ1n) is 12.1. The first kappa shape index (κ1) is 19.6. The van der Waals surface area contributed by atoms with E-state index >= 15 is 0 Å². The highest BCUT2D eigenvalue weighted by Crippen LogP contribution is 2.53. The number of piperidine rings is 1. The van der Waals surface area contributed by atoms with Crippen LogP contribution in [0.4, 0.5) is 0 Å². The van der Waals surface area contributed by atoms with Gasteiger partial charge >= 0.3 is 0 Å². The molecule has 2 saturated carbocycles. The van der Waals surface area contributed by atoms with Gasteiger partial charge < -0.3 is 9.80 Å². The first-order valence-corrected chi connectivity index (χ1v) is 12.1. The molecule has 0 N–H and O–H groups in total. The minimum Gasteiger partial charge on any atom is -0.338 e. The lowest BCUT2D eigenvalue weighted by molar-refractivity contribution is -0.135. The third-order valence-electron chi connectivity index (χ3n) is 8.97. The van der Waals surface area contributed by atoms with Crippen molar-refractivity contribution in [2.75, 3.05) is 26.7 Å². The van der Waals surface area contributed by atoms with Gasteiger partial charge in [-0.1, -0.05) is 44.5 Å². The van der Waals surface area contributed by atoms with Gasteiger partial charge in [0.05, 0.1) is 6.04 Å². The number of amides is 1. The fourth-order valence-corrected chi connectivity index (χ4v) is 7.34. The Morgan fingerprint density at radius 3 is 2.59 bits per heavy atom. The van der Waals surface area contributed by atoms with Crippen LogP contribution in [-0.2, 0) is 10.2 Å². The molecule has 3 heteroatoms. The zero-order valence-electron chi connectivity index (χ0n) is 18.6. The van der Waals surface area contributed by atoms with Gasteiger partial charge in [-0.15, -0.1) is 0 Å². The maximum Gasteiger partial charge on any atom is 0.225 e. The second-order valence-electron chi connectivity index (χ2n) is 10.9. The number of carbonyl (C=O) groups excluding carboxylic acids is 1. The Bertz CT molecular complexity index is 764. The van der Waals surface area contributed by atoms with E-state index < -0.39 is 0 Å². The summed E-state index contributed by atoms with van der Waals surface area (Å²) in [6.45, 7) is 7.84. The Hall–Kier alpha value is -1.35. The fourth-order valence-electron chi connectivity index (χ4n) is 7.34. The summed E-state index contributed by atoms with van der Waals surface area (Å²) in [7, 11) is 2.02. The van der Waals surface area contributed by atoms with Crippen LogP contribution in [-0.4, -0.2) is 42.4 Å². The van der Waals surface area contributed by atoms with E-state index in [4.69, 9.17) is 0 Å². The largest absolute Gasteiger partial charge is 0.338 e. The maximum absolute atomic E-state index is 12.7. The summed E-state index contributed by atoms with van der Waals surface area (Å²) in [6, 6.07) is 9.24. The van der Waals surface area contributed by atoms with Crippen molar-refractivity contribution in [1.82, 2.24) is 9.80 Å². The average Bonchev–Trinajstić information content (AvgIpc) is 3.43. The summed E-state index contributed by atoms with van der Waals surface area (Å²) in [4.78, 5) is 17.6. The molecule has 1 amide bonds. The summed E-state index contributed by atoms with van der Waals surface area (Å²) in [6.07, 6.45) is 9.65. The van der Waals surface area contributed by atoms with Crippen LogP contribution in [0.2, 0.25) is 0 Å². The van der Waals surface area contributed by atoms with Gasteiger partial charge in [0, 0.05) is 24.9 Å². The van der Waals surface area contributed by atoms with Crippen LogP contribution in [0, 0.1) is 23.7 Å². The standard InChI is InChI=1S/C26H38N2O/c1-18(2)25(29)27(3)24-16-26(23-7-5-4-6-22(23)24)10-12-28(13-11-26)17-21-15-19-8-9-20(21)14-19/h4-7,18-21,24H,8-17H2,1-3H3/t19-,20+,21+,24-/m0/s1. The van der Waals surface area contributed by atoms with E-state index in [1.807, 2.05) is 25.8 Å². The average molecular weight is 395 g/mol. The summed E-state index contributed by atoms with van der Waals surface area (Å²) in [5, 5.41) is 0. The van der Waals surface area contributed by atoms with E-state index in [0.29, 0.717) is 0 Å². The van der Waals surface area contributed by atoms with Crippen LogP contribution in [0.25, 0.3) is 0 Å². The van der Waals surface area contributed by atoms with Crippen molar-refractivity contribution in [2.24, 2.45) is 23.7 Å². The fraction of sp³-hybridized carbons (Fsp3) is 0.731. The molecule has 1 spiro atoms. The molecule has 1 aromatic carbocycles. The summed E-state index contributed by atoms with van der Waals surface area (Å²) >= 11 is 0. The van der Waals surface area contributed by atoms with Crippen LogP contribution in [0.3, 0.4) is 0 Å². The molecule has 4 aliphatic rings. The van der Waals surface area contributed by atoms with E-state index in [2.05, 4.69) is 29.2 Å². The zero-order valence-corrected chi connectivity index (χ0v) is 18.6. The third-order valence-corrected chi connectivity index (χ3v) is 8.97. The van der Waals surface area contributed by atoms with Crippen LogP contribution < -0.4 is 0 Å². The van der Waals surface area contributed by atoms with Crippen molar-refractivity contribution in [2.45, 2.75) is 70.3 Å². The lowest BCUT2D eigenvalue weighted by Gasteiger charge is -2.42. The highest BCUT2D eigenvalue weighted by atomic mass is 16.2. The molecule has 3 nitrogen and oxygen atoms in total. The third kappa shape index (κ3) is 3.34. The molecule has 0 aromatic heterocycles. The van der Waals surface area contributed by atoms with Crippen molar-refractivity contribution in [3.63, 3.8) is 0 Å². The van der Waals surface area contributed by atoms with Gasteiger partial charge in [-0.25, -0.2) is 0 Å². The number of hydrogen-bond donors (Lipinski definition) is 0. The summed E-state index contributed by atoms with van der Waals surface area (Å²) in [5.74, 6) is 3.39. The maximum atomic E-state index is 12.7. The second-order valence-corrected chi connectivity index (χ2v) is 10.9. The molecule has 1 aromatic rings. The van der Waals surface area contributed by atoms with E-state index in [1.165, 1.54) is 69.3 Å². The van der Waals surface area contributed by atoms with Gasteiger partial charge in [0.1, 0.15) is 0 Å². The van der Waals surface area contributed by atoms with E-state index in [9.17, 15) is 4.79 Å². The number of fused-ring (bicyclic) bond motifs is 4. The first-order chi connectivity index (χ1) is 14.0. The van der Waals surface area contributed by atoms with Crippen LogP contribution in [0.5, 0.6) is 0 Å². The van der Waals surface area contributed by atoms with Gasteiger partial charge in [-0.05, 0) is 80.5 Å². The van der Waals surface area contributed by atoms with Crippen molar-refractivity contribution in [3.8, 4) is 0 Å². The van der Waals surface area contributed by atoms with Crippen molar-refractivity contribution < 1.29 is 4.79 Å². The molecular formula is C26H38N2O. The van der Waals surface area contributed by atoms with E-state index in [0.717, 1.165) is 24.2 Å². The number of hydrogen-bond acceptors (Lipinski definition) is 2. The van der Waals surface area contributed by atoms with Gasteiger partial charge in [0.2, 0.25) is 5.91 Å². The minimum absolute atomic E-state index is 0.0623. The van der Waals surface area contributed by atoms with Gasteiger partial charge in [-0.3, -0.25) is 4.79 Å². The van der Waals surface area contributed by atoms with Gasteiger partial charge in [0.25, 0.3) is 0 Å². The predicted octanol–water partition coefficient (Wildman–Crippen LogP) is 5.02. The number of likely N-dealkylation sites (tertiary alicyclic amines) is 1. The Kier molecular flexibility index (Phi) is 5.01. The van der Waals surface area contributed by atoms with E-state index in [1.54, 1.807) is 0 Å². The number of rotatable bonds is 4. The summed E-state index contributed by atoms with van der Waals surface area (Å²) in [5.41, 5.74) is 3.22. The lowest BCUT2D eigenvalue weighted by atomic mass is 9.73. The number of benzene rings is 1. The monoisotopic (exact) mass is 394 g/mol. The molecule has 3 aliphatic carbocycles. The van der Waals surface area contributed by atoms with Crippen LogP contribution >= 0.6 is 0 Å². The van der Waals surface area contributed by atoms with Crippen molar-refractivity contribution in [3.05, 3.63) is 35.4 Å². The number of nitrogens with zero attached hydrogens (tertiary/aromatic N) is 2. The SMILES string of the molecule is CC(C)C(=O)N(C)[C@H]1CC2(CCN(C[C@H]3C[C@H]4CC[C@@H]3C4)CC2)c2ccccc21. The van der Waals surface area contributed by atoms with Gasteiger partial charge in [-0.2, -0.15) is 0 Å². The van der Waals surface area contributed by atoms with Crippen LogP contribution in [0.15, 0.2) is 24.3 Å². The zero-order chi connectivity index (χ0) is 20.2. The molecule has 29 heavy (non-hydrogen) atoms. The molecule has 5 rings (SSSR count). The molecule has 0 radical (unpaired) electrons. The Morgan fingerprint density at radius 1 is 1.17 bits per heavy atom. The summed E-state index contributed by atoms with van der Waals surface area (Å²) < 4.78 is 0. The molecule has 1 saturated heterocycles. The normalized spacial score (nSPS) is 32.8. The molecule has 158 valence electrons. The molecule has 1 aliphatic heterocycles. The smallest absolute Gasteiger partial charge is 0.225 e. The highest BCUT2D eigenvalue weighted by molar-refractivity contribution is 5.78. The van der Waals surface area contributed by atoms with Crippen LogP contribution in [0.1, 0.15) is 76.0 Å². The predicted molar refractivity (Wildman–Crippen MR) is 118 cm³/mol. The Morgan fingerprint density at radius 2 is 1.93 bits per heavy atom. The lowest BCUT2D eigenvalue weighted by Crippen LogP contribution is -2.44. The molecule has 1 heterocycles. The van der Waals surface area contributed by atoms with Crippen molar-refractivity contribution in [1.29, 1.82) is 0 Å². The molecule has 3 fully saturated rings. The van der Waals surface area contributed by atoms with Crippen molar-refractivity contribution >= 4 is 5.91 Å². The molecule has 0 unspecified atom stereocenters. The Labute approximate surface area is 176 Å². The topological polar surface area (TPSA) is 23.6 Å². The minimum atomic E-state index is 0.0623. The second kappa shape index (κ2) is 7.41.